The molecule has 1 aliphatic rings. The van der Waals surface area contributed by atoms with Crippen LogP contribution in [0.3, 0.4) is 0 Å². The number of phenols is 1. The van der Waals surface area contributed by atoms with Gasteiger partial charge in [0.05, 0.1) is 0 Å². The lowest BCUT2D eigenvalue weighted by Gasteiger charge is -2.10. The summed E-state index contributed by atoms with van der Waals surface area (Å²) < 4.78 is 12.7. The van der Waals surface area contributed by atoms with E-state index in [1.54, 1.807) is 6.07 Å². The topological polar surface area (TPSA) is 46.2 Å². The van der Waals surface area contributed by atoms with Gasteiger partial charge in [0.25, 0.3) is 0 Å². The van der Waals surface area contributed by atoms with Gasteiger partial charge in [0.2, 0.25) is 0 Å². The number of benzene rings is 1. The molecule has 1 atom stereocenters. The van der Waals surface area contributed by atoms with Crippen molar-refractivity contribution in [3.05, 3.63) is 29.6 Å². The first-order chi connectivity index (χ1) is 6.18. The molecule has 0 aliphatic heterocycles. The minimum Gasteiger partial charge on any atom is -0.505 e. The molecular formula is C10H12FNO. The second-order valence-electron chi connectivity index (χ2n) is 3.57. The van der Waals surface area contributed by atoms with E-state index in [1.165, 1.54) is 12.1 Å². The van der Waals surface area contributed by atoms with Crippen LogP contribution in [0, 0.1) is 11.7 Å². The van der Waals surface area contributed by atoms with Crippen molar-refractivity contribution >= 4 is 0 Å². The van der Waals surface area contributed by atoms with Crippen LogP contribution in [0.1, 0.15) is 24.4 Å². The van der Waals surface area contributed by atoms with Crippen molar-refractivity contribution < 1.29 is 9.50 Å². The van der Waals surface area contributed by atoms with E-state index in [4.69, 9.17) is 10.8 Å². The largest absolute Gasteiger partial charge is 0.505 e. The van der Waals surface area contributed by atoms with E-state index in [1.807, 2.05) is 0 Å². The van der Waals surface area contributed by atoms with Gasteiger partial charge in [-0.2, -0.15) is 0 Å². The number of rotatable bonds is 2. The Balaban J connectivity index is 2.24. The highest BCUT2D eigenvalue weighted by Gasteiger charge is 2.29. The molecule has 0 bridgehead atoms. The van der Waals surface area contributed by atoms with Crippen LogP contribution in [0.5, 0.6) is 5.75 Å². The van der Waals surface area contributed by atoms with Crippen molar-refractivity contribution in [2.45, 2.75) is 18.9 Å². The van der Waals surface area contributed by atoms with Crippen LogP contribution in [0.25, 0.3) is 0 Å². The molecule has 13 heavy (non-hydrogen) atoms. The van der Waals surface area contributed by atoms with Crippen molar-refractivity contribution in [3.63, 3.8) is 0 Å². The SMILES string of the molecule is N[C@@H](c1ccc(F)c(O)c1)C1CC1. The molecule has 2 rings (SSSR count). The second kappa shape index (κ2) is 3.00. The molecule has 0 heterocycles. The van der Waals surface area contributed by atoms with Crippen LogP contribution in [0.15, 0.2) is 18.2 Å². The average Bonchev–Trinajstić information content (AvgIpc) is 2.91. The maximum Gasteiger partial charge on any atom is 0.164 e. The average molecular weight is 181 g/mol. The molecule has 3 heteroatoms. The molecule has 0 saturated heterocycles. The van der Waals surface area contributed by atoms with Crippen LogP contribution < -0.4 is 5.73 Å². The quantitative estimate of drug-likeness (QED) is 0.732. The molecule has 1 fully saturated rings. The lowest BCUT2D eigenvalue weighted by molar-refractivity contribution is 0.430. The van der Waals surface area contributed by atoms with E-state index in [2.05, 4.69) is 0 Å². The number of halogens is 1. The number of hydrogen-bond acceptors (Lipinski definition) is 2. The van der Waals surface area contributed by atoms with E-state index in [0.717, 1.165) is 18.4 Å². The molecule has 2 nitrogen and oxygen atoms in total. The predicted octanol–water partition coefficient (Wildman–Crippen LogP) is 1.94. The Hall–Kier alpha value is -1.09. The van der Waals surface area contributed by atoms with Gasteiger partial charge < -0.3 is 10.8 Å². The highest BCUT2D eigenvalue weighted by atomic mass is 19.1. The van der Waals surface area contributed by atoms with Gasteiger partial charge in [-0.05, 0) is 36.5 Å². The van der Waals surface area contributed by atoms with Gasteiger partial charge in [-0.25, -0.2) is 4.39 Å². The summed E-state index contributed by atoms with van der Waals surface area (Å²) in [7, 11) is 0. The van der Waals surface area contributed by atoms with E-state index >= 15 is 0 Å². The molecule has 1 saturated carbocycles. The van der Waals surface area contributed by atoms with Crippen LogP contribution in [-0.4, -0.2) is 5.11 Å². The van der Waals surface area contributed by atoms with Crippen molar-refractivity contribution in [3.8, 4) is 5.75 Å². The zero-order valence-corrected chi connectivity index (χ0v) is 7.20. The molecule has 0 unspecified atom stereocenters. The lowest BCUT2D eigenvalue weighted by atomic mass is 10.0. The molecule has 3 N–H and O–H groups in total. The molecule has 70 valence electrons. The summed E-state index contributed by atoms with van der Waals surface area (Å²) in [5, 5.41) is 9.12. The van der Waals surface area contributed by atoms with E-state index in [0.29, 0.717) is 5.92 Å². The molecule has 0 amide bonds. The fraction of sp³-hybridized carbons (Fsp3) is 0.400. The first-order valence-corrected chi connectivity index (χ1v) is 4.42. The van der Waals surface area contributed by atoms with E-state index in [-0.39, 0.29) is 11.8 Å². The third-order valence-corrected chi connectivity index (χ3v) is 2.48. The molecular weight excluding hydrogens is 169 g/mol. The highest BCUT2D eigenvalue weighted by Crippen LogP contribution is 2.40. The maximum atomic E-state index is 12.7. The van der Waals surface area contributed by atoms with E-state index < -0.39 is 5.82 Å². The monoisotopic (exact) mass is 181 g/mol. The van der Waals surface area contributed by atoms with Gasteiger partial charge >= 0.3 is 0 Å². The zero-order chi connectivity index (χ0) is 9.42. The van der Waals surface area contributed by atoms with Crippen LogP contribution in [0.4, 0.5) is 4.39 Å². The van der Waals surface area contributed by atoms with Crippen LogP contribution in [0.2, 0.25) is 0 Å². The molecule has 0 aromatic heterocycles. The standard InChI is InChI=1S/C10H12FNO/c11-8-4-3-7(5-9(8)13)10(12)6-1-2-6/h3-6,10,13H,1-2,12H2/t10-/m1/s1. The molecule has 1 aliphatic carbocycles. The number of nitrogens with two attached hydrogens (primary N) is 1. The summed E-state index contributed by atoms with van der Waals surface area (Å²) in [6.45, 7) is 0. The third kappa shape index (κ3) is 1.65. The second-order valence-corrected chi connectivity index (χ2v) is 3.57. The summed E-state index contributed by atoms with van der Waals surface area (Å²) in [5.74, 6) is -0.384. The van der Waals surface area contributed by atoms with Gasteiger partial charge in [-0.15, -0.1) is 0 Å². The van der Waals surface area contributed by atoms with Gasteiger partial charge in [0, 0.05) is 6.04 Å². The molecule has 0 radical (unpaired) electrons. The number of phenolic OH excluding ortho intramolecular Hbond substituents is 1. The Morgan fingerprint density at radius 1 is 1.46 bits per heavy atom. The minimum atomic E-state index is -0.591. The summed E-state index contributed by atoms with van der Waals surface area (Å²) in [6, 6.07) is 4.26. The first kappa shape index (κ1) is 8.51. The lowest BCUT2D eigenvalue weighted by Crippen LogP contribution is -2.12. The number of aromatic hydroxyl groups is 1. The fourth-order valence-electron chi connectivity index (χ4n) is 1.46. The van der Waals surface area contributed by atoms with Gasteiger partial charge in [-0.1, -0.05) is 6.07 Å². The van der Waals surface area contributed by atoms with Crippen molar-refractivity contribution in [1.82, 2.24) is 0 Å². The normalized spacial score (nSPS) is 18.6. The zero-order valence-electron chi connectivity index (χ0n) is 7.20. The number of hydrogen-bond donors (Lipinski definition) is 2. The first-order valence-electron chi connectivity index (χ1n) is 4.42. The maximum absolute atomic E-state index is 12.7. The smallest absolute Gasteiger partial charge is 0.164 e. The highest BCUT2D eigenvalue weighted by molar-refractivity contribution is 5.31. The Morgan fingerprint density at radius 2 is 2.15 bits per heavy atom. The molecule has 1 aromatic carbocycles. The van der Waals surface area contributed by atoms with Crippen LogP contribution in [-0.2, 0) is 0 Å². The van der Waals surface area contributed by atoms with Crippen molar-refractivity contribution in [2.75, 3.05) is 0 Å². The Labute approximate surface area is 76.2 Å². The van der Waals surface area contributed by atoms with Crippen molar-refractivity contribution in [1.29, 1.82) is 0 Å². The van der Waals surface area contributed by atoms with Gasteiger partial charge in [0.1, 0.15) is 0 Å². The fourth-order valence-corrected chi connectivity index (χ4v) is 1.46. The van der Waals surface area contributed by atoms with Gasteiger partial charge in [0.15, 0.2) is 11.6 Å². The van der Waals surface area contributed by atoms with E-state index in [9.17, 15) is 4.39 Å². The van der Waals surface area contributed by atoms with Crippen LogP contribution >= 0.6 is 0 Å². The summed E-state index contributed by atoms with van der Waals surface area (Å²) in [6.07, 6.45) is 2.28. The minimum absolute atomic E-state index is 0.0495. The molecule has 1 aromatic rings. The summed E-state index contributed by atoms with van der Waals surface area (Å²) >= 11 is 0. The summed E-state index contributed by atoms with van der Waals surface area (Å²) in [4.78, 5) is 0. The molecule has 0 spiro atoms. The van der Waals surface area contributed by atoms with Gasteiger partial charge in [-0.3, -0.25) is 0 Å². The Kier molecular flexibility index (Phi) is 1.96. The summed E-state index contributed by atoms with van der Waals surface area (Å²) in [5.41, 5.74) is 6.71. The Morgan fingerprint density at radius 3 is 2.69 bits per heavy atom. The third-order valence-electron chi connectivity index (χ3n) is 2.48. The van der Waals surface area contributed by atoms with Crippen molar-refractivity contribution in [2.24, 2.45) is 11.7 Å². The predicted molar refractivity (Wildman–Crippen MR) is 47.7 cm³/mol. The Bertz CT molecular complexity index is 323.